The van der Waals surface area contributed by atoms with E-state index in [4.69, 9.17) is 4.84 Å². The molecule has 17 heavy (non-hydrogen) atoms. The van der Waals surface area contributed by atoms with Gasteiger partial charge >= 0.3 is 0 Å². The van der Waals surface area contributed by atoms with Crippen LogP contribution in [0.4, 0.5) is 5.69 Å². The summed E-state index contributed by atoms with van der Waals surface area (Å²) < 4.78 is 0. The van der Waals surface area contributed by atoms with Gasteiger partial charge in [0, 0.05) is 16.5 Å². The van der Waals surface area contributed by atoms with Crippen molar-refractivity contribution in [1.82, 2.24) is 0 Å². The molecule has 1 aromatic rings. The van der Waals surface area contributed by atoms with Crippen LogP contribution in [0.3, 0.4) is 0 Å². The third-order valence-electron chi connectivity index (χ3n) is 5.11. The highest BCUT2D eigenvalue weighted by atomic mass is 16.7. The largest absolute Gasteiger partial charge is 0.368 e. The van der Waals surface area contributed by atoms with E-state index >= 15 is 0 Å². The Morgan fingerprint density at radius 2 is 2.29 bits per heavy atom. The summed E-state index contributed by atoms with van der Waals surface area (Å²) in [6, 6.07) is 8.66. The van der Waals surface area contributed by atoms with Gasteiger partial charge in [0.1, 0.15) is 6.34 Å². The first-order valence-electron chi connectivity index (χ1n) is 6.30. The van der Waals surface area contributed by atoms with Crippen molar-refractivity contribution in [2.75, 3.05) is 4.90 Å². The molecule has 3 heteroatoms. The van der Waals surface area contributed by atoms with Crippen molar-refractivity contribution < 1.29 is 4.84 Å². The predicted octanol–water partition coefficient (Wildman–Crippen LogP) is 2.86. The molecule has 1 saturated carbocycles. The number of para-hydroxylation sites is 1. The second-order valence-electron chi connectivity index (χ2n) is 5.62. The quantitative estimate of drug-likeness (QED) is 0.738. The fourth-order valence-electron chi connectivity index (χ4n) is 3.97. The topological polar surface area (TPSA) is 24.8 Å². The summed E-state index contributed by atoms with van der Waals surface area (Å²) in [6.45, 7) is 4.63. The molecule has 0 aromatic heterocycles. The van der Waals surface area contributed by atoms with Crippen molar-refractivity contribution in [3.63, 3.8) is 0 Å². The van der Waals surface area contributed by atoms with Crippen LogP contribution in [0.15, 0.2) is 29.4 Å². The second kappa shape index (κ2) is 2.66. The van der Waals surface area contributed by atoms with Gasteiger partial charge in [-0.3, -0.25) is 4.90 Å². The lowest BCUT2D eigenvalue weighted by Gasteiger charge is -2.39. The Morgan fingerprint density at radius 3 is 3.12 bits per heavy atom. The summed E-state index contributed by atoms with van der Waals surface area (Å²) in [4.78, 5) is 7.82. The van der Waals surface area contributed by atoms with Crippen molar-refractivity contribution in [3.8, 4) is 0 Å². The van der Waals surface area contributed by atoms with Crippen LogP contribution in [0.5, 0.6) is 0 Å². The Labute approximate surface area is 101 Å². The molecule has 1 aromatic carbocycles. The molecule has 0 saturated heterocycles. The van der Waals surface area contributed by atoms with Crippen molar-refractivity contribution in [1.29, 1.82) is 0 Å². The predicted molar refractivity (Wildman–Crippen MR) is 67.0 cm³/mol. The minimum atomic E-state index is 0.104. The summed E-state index contributed by atoms with van der Waals surface area (Å²) in [7, 11) is 0. The Kier molecular flexibility index (Phi) is 1.49. The molecule has 0 N–H and O–H groups in total. The van der Waals surface area contributed by atoms with Gasteiger partial charge in [0.25, 0.3) is 0 Å². The second-order valence-corrected chi connectivity index (χ2v) is 5.62. The van der Waals surface area contributed by atoms with Crippen molar-refractivity contribution in [2.24, 2.45) is 10.6 Å². The molecule has 3 aliphatic rings. The molecule has 1 fully saturated rings. The fraction of sp³-hybridized carbons (Fsp3) is 0.500. The van der Waals surface area contributed by atoms with Gasteiger partial charge in [-0.05, 0) is 24.5 Å². The van der Waals surface area contributed by atoms with Crippen LogP contribution in [-0.4, -0.2) is 12.6 Å². The van der Waals surface area contributed by atoms with E-state index in [9.17, 15) is 0 Å². The maximum atomic E-state index is 5.62. The minimum Gasteiger partial charge on any atom is -0.368 e. The molecule has 2 heterocycles. The molecule has 88 valence electrons. The van der Waals surface area contributed by atoms with Crippen molar-refractivity contribution in [2.45, 2.75) is 38.3 Å². The van der Waals surface area contributed by atoms with E-state index in [1.54, 1.807) is 0 Å². The molecule has 0 radical (unpaired) electrons. The number of oxime groups is 1. The molecule has 2 unspecified atom stereocenters. The zero-order valence-corrected chi connectivity index (χ0v) is 10.2. The molecule has 4 rings (SSSR count). The normalized spacial score (nSPS) is 40.4. The smallest absolute Gasteiger partial charge is 0.211 e. The highest BCUT2D eigenvalue weighted by Gasteiger charge is 2.73. The Hall–Kier alpha value is -1.51. The summed E-state index contributed by atoms with van der Waals surface area (Å²) in [5.41, 5.74) is 3.24. The van der Waals surface area contributed by atoms with Crippen molar-refractivity contribution in [3.05, 3.63) is 29.8 Å². The third-order valence-corrected chi connectivity index (χ3v) is 5.11. The van der Waals surface area contributed by atoms with E-state index in [0.29, 0.717) is 0 Å². The first-order chi connectivity index (χ1) is 8.23. The molecule has 2 aliphatic heterocycles. The molecule has 3 nitrogen and oxygen atoms in total. The van der Waals surface area contributed by atoms with Crippen LogP contribution >= 0.6 is 0 Å². The number of anilines is 1. The van der Waals surface area contributed by atoms with Gasteiger partial charge < -0.3 is 4.84 Å². The van der Waals surface area contributed by atoms with Gasteiger partial charge in [0.15, 0.2) is 0 Å². The summed E-state index contributed by atoms with van der Waals surface area (Å²) in [5, 5.41) is 4.03. The minimum absolute atomic E-state index is 0.104. The lowest BCUT2D eigenvalue weighted by Crippen LogP contribution is -2.45. The Morgan fingerprint density at radius 1 is 1.47 bits per heavy atom. The molecule has 0 bridgehead atoms. The van der Waals surface area contributed by atoms with Gasteiger partial charge in [0.05, 0.1) is 0 Å². The van der Waals surface area contributed by atoms with Gasteiger partial charge in [-0.1, -0.05) is 37.2 Å². The standard InChI is InChI=1S/C14H16N2O/c1-3-14-8-13(14,2)10-6-4-5-7-11(10)16-9-15-17-12(14)16/h4-7,9,12H,3,8H2,1-2H3/t12?,13?,14-/m0/s1. The highest BCUT2D eigenvalue weighted by molar-refractivity contribution is 5.85. The molecule has 3 atom stereocenters. The van der Waals surface area contributed by atoms with E-state index in [0.717, 1.165) is 6.42 Å². The van der Waals surface area contributed by atoms with E-state index in [1.165, 1.54) is 17.7 Å². The van der Waals surface area contributed by atoms with E-state index in [-0.39, 0.29) is 17.1 Å². The van der Waals surface area contributed by atoms with Crippen LogP contribution in [0.25, 0.3) is 0 Å². The lowest BCUT2D eigenvalue weighted by molar-refractivity contribution is 0.0158. The van der Waals surface area contributed by atoms with Crippen LogP contribution in [0.1, 0.15) is 32.3 Å². The third kappa shape index (κ3) is 0.853. The number of fused-ring (bicyclic) bond motifs is 6. The Balaban J connectivity index is 1.97. The molecular formula is C14H16N2O. The average Bonchev–Trinajstić information content (AvgIpc) is 2.75. The van der Waals surface area contributed by atoms with Crippen molar-refractivity contribution >= 4 is 12.0 Å². The van der Waals surface area contributed by atoms with Gasteiger partial charge in [-0.2, -0.15) is 0 Å². The molecule has 1 aliphatic carbocycles. The summed E-state index contributed by atoms with van der Waals surface area (Å²) in [5.74, 6) is 0. The number of benzene rings is 1. The van der Waals surface area contributed by atoms with Crippen LogP contribution < -0.4 is 4.90 Å². The summed E-state index contributed by atoms with van der Waals surface area (Å²) in [6.07, 6.45) is 4.28. The zero-order valence-electron chi connectivity index (χ0n) is 10.2. The highest BCUT2D eigenvalue weighted by Crippen LogP contribution is 2.73. The summed E-state index contributed by atoms with van der Waals surface area (Å²) >= 11 is 0. The first-order valence-corrected chi connectivity index (χ1v) is 6.30. The van der Waals surface area contributed by atoms with Gasteiger partial charge in [-0.25, -0.2) is 0 Å². The average molecular weight is 228 g/mol. The Bertz CT molecular complexity index is 527. The molecular weight excluding hydrogens is 212 g/mol. The number of hydrogen-bond acceptors (Lipinski definition) is 3. The van der Waals surface area contributed by atoms with Crippen LogP contribution in [0, 0.1) is 5.41 Å². The number of nitrogens with zero attached hydrogens (tertiary/aromatic N) is 2. The lowest BCUT2D eigenvalue weighted by atomic mass is 9.80. The zero-order chi connectivity index (χ0) is 11.7. The maximum absolute atomic E-state index is 5.62. The molecule has 0 amide bonds. The van der Waals surface area contributed by atoms with Crippen LogP contribution in [-0.2, 0) is 10.3 Å². The SMILES string of the molecule is CC[C@@]12CC1(C)c1ccccc1N1C=NOC12. The number of rotatable bonds is 1. The van der Waals surface area contributed by atoms with Gasteiger partial charge in [-0.15, -0.1) is 0 Å². The van der Waals surface area contributed by atoms with Crippen LogP contribution in [0.2, 0.25) is 0 Å². The first kappa shape index (κ1) is 9.51. The van der Waals surface area contributed by atoms with E-state index in [1.807, 2.05) is 6.34 Å². The monoisotopic (exact) mass is 228 g/mol. The maximum Gasteiger partial charge on any atom is 0.211 e. The van der Waals surface area contributed by atoms with E-state index in [2.05, 4.69) is 48.2 Å². The van der Waals surface area contributed by atoms with E-state index < -0.39 is 0 Å². The molecule has 0 spiro atoms. The number of hydrogen-bond donors (Lipinski definition) is 0. The van der Waals surface area contributed by atoms with Gasteiger partial charge in [0.2, 0.25) is 6.23 Å². The fourth-order valence-corrected chi connectivity index (χ4v) is 3.97.